The number of halogens is 1. The van der Waals surface area contributed by atoms with E-state index in [1.54, 1.807) is 0 Å². The summed E-state index contributed by atoms with van der Waals surface area (Å²) in [5.74, 6) is -0.264. The van der Waals surface area contributed by atoms with Crippen LogP contribution in [-0.2, 0) is 11.3 Å². The van der Waals surface area contributed by atoms with Gasteiger partial charge in [-0.25, -0.2) is 9.18 Å². The Balaban J connectivity index is 1.61. The fourth-order valence-corrected chi connectivity index (χ4v) is 4.73. The van der Waals surface area contributed by atoms with Crippen LogP contribution in [0.25, 0.3) is 10.9 Å². The summed E-state index contributed by atoms with van der Waals surface area (Å²) in [7, 11) is 2.18. The molecule has 2 aliphatic rings. The van der Waals surface area contributed by atoms with Gasteiger partial charge in [-0.2, -0.15) is 0 Å². The minimum atomic E-state index is -0.452. The van der Waals surface area contributed by atoms with Gasteiger partial charge in [0, 0.05) is 41.5 Å². The molecule has 0 spiro atoms. The van der Waals surface area contributed by atoms with Crippen molar-refractivity contribution in [1.82, 2.24) is 9.47 Å². The monoisotopic (exact) mass is 344 g/mol. The van der Waals surface area contributed by atoms with Crippen LogP contribution in [0, 0.1) is 6.92 Å². The predicted octanol–water partition coefficient (Wildman–Crippen LogP) is 3.70. The van der Waals surface area contributed by atoms with E-state index in [4.69, 9.17) is 4.74 Å². The number of alkyl halides is 1. The van der Waals surface area contributed by atoms with E-state index >= 15 is 0 Å². The van der Waals surface area contributed by atoms with Crippen molar-refractivity contribution >= 4 is 16.9 Å². The number of hydrogen-bond acceptors (Lipinski definition) is 3. The molecule has 2 aromatic rings. The van der Waals surface area contributed by atoms with Crippen LogP contribution in [0.5, 0.6) is 0 Å². The topological polar surface area (TPSA) is 34.5 Å². The molecule has 1 aromatic carbocycles. The van der Waals surface area contributed by atoms with Crippen LogP contribution in [0.3, 0.4) is 0 Å². The van der Waals surface area contributed by atoms with E-state index in [1.807, 2.05) is 35.8 Å². The average molecular weight is 344 g/mol. The lowest BCUT2D eigenvalue weighted by atomic mass is 10.0. The predicted molar refractivity (Wildman–Crippen MR) is 95.7 cm³/mol. The molecule has 3 atom stereocenters. The number of para-hydroxylation sites is 1. The molecule has 1 unspecified atom stereocenters. The van der Waals surface area contributed by atoms with Gasteiger partial charge in [-0.15, -0.1) is 0 Å². The summed E-state index contributed by atoms with van der Waals surface area (Å²) in [6.45, 7) is 1.69. The summed E-state index contributed by atoms with van der Waals surface area (Å²) in [5, 5.41) is 0.856. The van der Waals surface area contributed by atoms with Crippen LogP contribution in [0.1, 0.15) is 41.7 Å². The Kier molecular flexibility index (Phi) is 4.28. The number of fused-ring (bicyclic) bond motifs is 3. The molecule has 0 saturated carbocycles. The highest BCUT2D eigenvalue weighted by atomic mass is 19.1. The number of rotatable bonds is 4. The molecule has 0 amide bonds. The minimum Gasteiger partial charge on any atom is -0.459 e. The molecule has 1 aromatic heterocycles. The van der Waals surface area contributed by atoms with Crippen molar-refractivity contribution in [2.75, 3.05) is 13.7 Å². The highest BCUT2D eigenvalue weighted by Gasteiger charge is 2.40. The second-order valence-electron chi connectivity index (χ2n) is 7.37. The number of aryl methyl sites for hydroxylation is 1. The number of carbonyl (C=O) groups is 1. The summed E-state index contributed by atoms with van der Waals surface area (Å²) in [5.41, 5.74) is 2.28. The van der Waals surface area contributed by atoms with Crippen LogP contribution in [0.4, 0.5) is 4.39 Å². The Hall–Kier alpha value is -1.88. The summed E-state index contributed by atoms with van der Waals surface area (Å²) in [6, 6.07) is 8.75. The lowest BCUT2D eigenvalue weighted by molar-refractivity contribution is -0.000354. The first-order valence-corrected chi connectivity index (χ1v) is 9.17. The van der Waals surface area contributed by atoms with E-state index in [0.29, 0.717) is 17.6 Å². The van der Waals surface area contributed by atoms with Crippen molar-refractivity contribution in [3.8, 4) is 0 Å². The first kappa shape index (κ1) is 16.6. The molecular weight excluding hydrogens is 319 g/mol. The van der Waals surface area contributed by atoms with E-state index in [-0.39, 0.29) is 18.6 Å². The number of ether oxygens (including phenoxy) is 1. The Morgan fingerprint density at radius 2 is 1.92 bits per heavy atom. The summed E-state index contributed by atoms with van der Waals surface area (Å²) < 4.78 is 20.8. The van der Waals surface area contributed by atoms with Crippen LogP contribution < -0.4 is 0 Å². The van der Waals surface area contributed by atoms with Gasteiger partial charge in [-0.3, -0.25) is 0 Å². The summed E-state index contributed by atoms with van der Waals surface area (Å²) in [4.78, 5) is 15.4. The first-order chi connectivity index (χ1) is 12.1. The first-order valence-electron chi connectivity index (χ1n) is 9.17. The Bertz CT molecular complexity index is 786. The number of esters is 1. The van der Waals surface area contributed by atoms with Gasteiger partial charge in [-0.1, -0.05) is 18.2 Å². The zero-order valence-electron chi connectivity index (χ0n) is 14.9. The fourth-order valence-electron chi connectivity index (χ4n) is 4.73. The number of piperidine rings is 1. The maximum Gasteiger partial charge on any atom is 0.340 e. The quantitative estimate of drug-likeness (QED) is 0.793. The van der Waals surface area contributed by atoms with Crippen LogP contribution in [0.2, 0.25) is 0 Å². The molecule has 2 aliphatic heterocycles. The molecule has 0 aliphatic carbocycles. The van der Waals surface area contributed by atoms with Gasteiger partial charge in [0.1, 0.15) is 12.8 Å². The lowest BCUT2D eigenvalue weighted by Crippen LogP contribution is -2.43. The van der Waals surface area contributed by atoms with Crippen molar-refractivity contribution in [1.29, 1.82) is 0 Å². The van der Waals surface area contributed by atoms with Crippen molar-refractivity contribution in [3.63, 3.8) is 0 Å². The molecule has 2 bridgehead atoms. The number of carbonyl (C=O) groups excluding carboxylic acids is 1. The van der Waals surface area contributed by atoms with Gasteiger partial charge in [0.2, 0.25) is 0 Å². The third kappa shape index (κ3) is 2.74. The summed E-state index contributed by atoms with van der Waals surface area (Å²) in [6.07, 6.45) is 4.22. The normalized spacial score (nSPS) is 26.3. The molecular formula is C20H25FN2O2. The van der Waals surface area contributed by atoms with E-state index in [9.17, 15) is 9.18 Å². The van der Waals surface area contributed by atoms with Gasteiger partial charge in [0.25, 0.3) is 0 Å². The van der Waals surface area contributed by atoms with E-state index < -0.39 is 6.67 Å². The SMILES string of the molecule is Cc1c(C(=O)OC2C[C@H]3CC[C@@H](C2)N3C)c2ccccc2n1CCF. The second kappa shape index (κ2) is 6.45. The Morgan fingerprint density at radius 3 is 2.60 bits per heavy atom. The number of hydrogen-bond donors (Lipinski definition) is 0. The van der Waals surface area contributed by atoms with Gasteiger partial charge in [0.15, 0.2) is 0 Å². The van der Waals surface area contributed by atoms with E-state index in [0.717, 1.165) is 29.4 Å². The fraction of sp³-hybridized carbons (Fsp3) is 0.550. The van der Waals surface area contributed by atoms with Crippen LogP contribution in [0.15, 0.2) is 24.3 Å². The van der Waals surface area contributed by atoms with Gasteiger partial charge in [0.05, 0.1) is 12.1 Å². The molecule has 4 nitrogen and oxygen atoms in total. The third-order valence-electron chi connectivity index (χ3n) is 6.07. The van der Waals surface area contributed by atoms with Crippen LogP contribution in [-0.4, -0.2) is 47.3 Å². The van der Waals surface area contributed by atoms with E-state index in [2.05, 4.69) is 11.9 Å². The molecule has 0 N–H and O–H groups in total. The van der Waals surface area contributed by atoms with Crippen molar-refractivity contribution in [2.45, 2.75) is 57.3 Å². The van der Waals surface area contributed by atoms with Gasteiger partial charge < -0.3 is 14.2 Å². The lowest BCUT2D eigenvalue weighted by Gasteiger charge is -2.35. The zero-order valence-corrected chi connectivity index (χ0v) is 14.9. The third-order valence-corrected chi connectivity index (χ3v) is 6.07. The highest BCUT2D eigenvalue weighted by Crippen LogP contribution is 2.36. The smallest absolute Gasteiger partial charge is 0.340 e. The average Bonchev–Trinajstić information content (AvgIpc) is 2.97. The van der Waals surface area contributed by atoms with Gasteiger partial charge >= 0.3 is 5.97 Å². The largest absolute Gasteiger partial charge is 0.459 e. The molecule has 3 heterocycles. The molecule has 0 radical (unpaired) electrons. The number of benzene rings is 1. The minimum absolute atomic E-state index is 0.0103. The maximum atomic E-state index is 13.0. The molecule has 5 heteroatoms. The van der Waals surface area contributed by atoms with Crippen molar-refractivity contribution in [2.24, 2.45) is 0 Å². The molecule has 2 fully saturated rings. The zero-order chi connectivity index (χ0) is 17.6. The number of nitrogens with zero attached hydrogens (tertiary/aromatic N) is 2. The maximum absolute atomic E-state index is 13.0. The Morgan fingerprint density at radius 1 is 1.24 bits per heavy atom. The molecule has 25 heavy (non-hydrogen) atoms. The highest BCUT2D eigenvalue weighted by molar-refractivity contribution is 6.06. The van der Waals surface area contributed by atoms with Crippen molar-refractivity contribution in [3.05, 3.63) is 35.5 Å². The van der Waals surface area contributed by atoms with Crippen molar-refractivity contribution < 1.29 is 13.9 Å². The standard InChI is InChI=1S/C20H25FN2O2/c1-13-19(17-5-3-4-6-18(17)23(13)10-9-21)20(24)25-16-11-14-7-8-15(12-16)22(14)2/h3-6,14-16H,7-12H2,1-2H3/t14-,15+,16?. The van der Waals surface area contributed by atoms with Crippen LogP contribution >= 0.6 is 0 Å². The molecule has 4 rings (SSSR count). The summed E-state index contributed by atoms with van der Waals surface area (Å²) >= 11 is 0. The van der Waals surface area contributed by atoms with E-state index in [1.165, 1.54) is 12.8 Å². The second-order valence-corrected chi connectivity index (χ2v) is 7.37. The Labute approximate surface area is 147 Å². The molecule has 2 saturated heterocycles. The van der Waals surface area contributed by atoms with Gasteiger partial charge in [-0.05, 0) is 32.9 Å². The molecule has 134 valence electrons. The number of aromatic nitrogens is 1.